The molecule has 0 atom stereocenters. The van der Waals surface area contributed by atoms with Crippen molar-refractivity contribution in [1.82, 2.24) is 9.80 Å². The largest absolute Gasteiger partial charge is 0.448 e. The van der Waals surface area contributed by atoms with Crippen LogP contribution in [-0.2, 0) is 16.1 Å². The van der Waals surface area contributed by atoms with Crippen LogP contribution in [0.2, 0.25) is 0 Å². The minimum Gasteiger partial charge on any atom is -0.448 e. The number of rotatable bonds is 6. The summed E-state index contributed by atoms with van der Waals surface area (Å²) in [6, 6.07) is 1.98. The summed E-state index contributed by atoms with van der Waals surface area (Å²) in [5.74, 6) is -0.0926. The minimum absolute atomic E-state index is 0.0663. The molecule has 6 heteroatoms. The third-order valence-corrected chi connectivity index (χ3v) is 3.56. The summed E-state index contributed by atoms with van der Waals surface area (Å²) in [6.45, 7) is 5.57. The number of amides is 2. The maximum absolute atomic E-state index is 12.2. The van der Waals surface area contributed by atoms with Crippen molar-refractivity contribution >= 4 is 23.3 Å². The number of ether oxygens (including phenoxy) is 1. The SMILES string of the molecule is C=CCN(Cc1ccsc1)C(=O)CN1CCOC1=O. The van der Waals surface area contributed by atoms with Crippen LogP contribution in [0.15, 0.2) is 29.5 Å². The van der Waals surface area contributed by atoms with E-state index in [4.69, 9.17) is 4.74 Å². The first-order chi connectivity index (χ1) is 9.20. The third-order valence-electron chi connectivity index (χ3n) is 2.83. The minimum atomic E-state index is -0.414. The summed E-state index contributed by atoms with van der Waals surface area (Å²) in [5.41, 5.74) is 1.09. The van der Waals surface area contributed by atoms with E-state index in [1.54, 1.807) is 22.3 Å². The molecule has 2 heterocycles. The number of hydrogen-bond donors (Lipinski definition) is 0. The van der Waals surface area contributed by atoms with E-state index in [0.29, 0.717) is 26.2 Å². The van der Waals surface area contributed by atoms with Crippen LogP contribution in [-0.4, -0.2) is 48.0 Å². The number of hydrogen-bond acceptors (Lipinski definition) is 4. The van der Waals surface area contributed by atoms with E-state index in [0.717, 1.165) is 5.56 Å². The fourth-order valence-corrected chi connectivity index (χ4v) is 2.51. The lowest BCUT2D eigenvalue weighted by atomic mass is 10.3. The molecule has 0 bridgehead atoms. The van der Waals surface area contributed by atoms with E-state index >= 15 is 0 Å². The Labute approximate surface area is 116 Å². The van der Waals surface area contributed by atoms with E-state index in [1.165, 1.54) is 4.90 Å². The summed E-state index contributed by atoms with van der Waals surface area (Å²) in [6.07, 6.45) is 1.27. The van der Waals surface area contributed by atoms with Crippen LogP contribution in [0.4, 0.5) is 4.79 Å². The van der Waals surface area contributed by atoms with Crippen molar-refractivity contribution < 1.29 is 14.3 Å². The summed E-state index contributed by atoms with van der Waals surface area (Å²) < 4.78 is 4.81. The molecule has 1 aromatic rings. The highest BCUT2D eigenvalue weighted by Crippen LogP contribution is 2.11. The molecule has 0 aliphatic carbocycles. The molecule has 5 nitrogen and oxygen atoms in total. The van der Waals surface area contributed by atoms with Gasteiger partial charge in [0, 0.05) is 13.1 Å². The zero-order valence-corrected chi connectivity index (χ0v) is 11.4. The third kappa shape index (κ3) is 3.57. The van der Waals surface area contributed by atoms with Crippen LogP contribution in [0.25, 0.3) is 0 Å². The molecule has 0 N–H and O–H groups in total. The average molecular weight is 280 g/mol. The predicted octanol–water partition coefficient (Wildman–Crippen LogP) is 1.71. The van der Waals surface area contributed by atoms with Gasteiger partial charge >= 0.3 is 6.09 Å². The lowest BCUT2D eigenvalue weighted by Gasteiger charge is -2.23. The van der Waals surface area contributed by atoms with Crippen molar-refractivity contribution in [2.75, 3.05) is 26.2 Å². The van der Waals surface area contributed by atoms with Crippen molar-refractivity contribution in [2.45, 2.75) is 6.54 Å². The quantitative estimate of drug-likeness (QED) is 0.745. The van der Waals surface area contributed by atoms with Crippen LogP contribution in [0.3, 0.4) is 0 Å². The van der Waals surface area contributed by atoms with Crippen LogP contribution in [0.5, 0.6) is 0 Å². The molecule has 1 fully saturated rings. The molecular weight excluding hydrogens is 264 g/mol. The van der Waals surface area contributed by atoms with Crippen LogP contribution < -0.4 is 0 Å². The fourth-order valence-electron chi connectivity index (χ4n) is 1.85. The Kier molecular flexibility index (Phi) is 4.57. The second kappa shape index (κ2) is 6.38. The van der Waals surface area contributed by atoms with Gasteiger partial charge in [-0.25, -0.2) is 4.79 Å². The monoisotopic (exact) mass is 280 g/mol. The Morgan fingerprint density at radius 1 is 1.63 bits per heavy atom. The average Bonchev–Trinajstić information content (AvgIpc) is 3.02. The highest BCUT2D eigenvalue weighted by Gasteiger charge is 2.26. The molecule has 1 aliphatic rings. The van der Waals surface area contributed by atoms with Gasteiger partial charge in [-0.1, -0.05) is 6.08 Å². The standard InChI is InChI=1S/C13H16N2O3S/c1-2-4-14(8-11-3-7-19-10-11)12(16)9-15-5-6-18-13(15)17/h2-3,7,10H,1,4-6,8-9H2. The van der Waals surface area contributed by atoms with Gasteiger partial charge in [-0.15, -0.1) is 6.58 Å². The molecule has 1 saturated heterocycles. The lowest BCUT2D eigenvalue weighted by molar-refractivity contribution is -0.131. The summed E-state index contributed by atoms with van der Waals surface area (Å²) in [7, 11) is 0. The van der Waals surface area contributed by atoms with Crippen LogP contribution >= 0.6 is 11.3 Å². The van der Waals surface area contributed by atoms with Crippen molar-refractivity contribution in [3.05, 3.63) is 35.0 Å². The Morgan fingerprint density at radius 2 is 2.47 bits per heavy atom. The zero-order chi connectivity index (χ0) is 13.7. The first kappa shape index (κ1) is 13.6. The maximum Gasteiger partial charge on any atom is 0.410 e. The highest BCUT2D eigenvalue weighted by molar-refractivity contribution is 7.07. The number of cyclic esters (lactones) is 1. The second-order valence-electron chi connectivity index (χ2n) is 4.23. The second-order valence-corrected chi connectivity index (χ2v) is 5.01. The number of thiophene rings is 1. The Bertz CT molecular complexity index is 458. The lowest BCUT2D eigenvalue weighted by Crippen LogP contribution is -2.40. The van der Waals surface area contributed by atoms with Gasteiger partial charge < -0.3 is 9.64 Å². The first-order valence-electron chi connectivity index (χ1n) is 6.02. The van der Waals surface area contributed by atoms with Gasteiger partial charge in [0.05, 0.1) is 6.54 Å². The fraction of sp³-hybridized carbons (Fsp3) is 0.385. The van der Waals surface area contributed by atoms with Crippen molar-refractivity contribution in [3.8, 4) is 0 Å². The summed E-state index contributed by atoms with van der Waals surface area (Å²) >= 11 is 1.60. The molecule has 0 unspecified atom stereocenters. The molecule has 2 rings (SSSR count). The van der Waals surface area contributed by atoms with Crippen molar-refractivity contribution in [1.29, 1.82) is 0 Å². The van der Waals surface area contributed by atoms with Gasteiger partial charge in [0.1, 0.15) is 13.2 Å². The van der Waals surface area contributed by atoms with Gasteiger partial charge in [0.15, 0.2) is 0 Å². The van der Waals surface area contributed by atoms with Gasteiger partial charge in [-0.05, 0) is 22.4 Å². The predicted molar refractivity (Wildman–Crippen MR) is 72.9 cm³/mol. The molecule has 0 aromatic carbocycles. The molecule has 1 aromatic heterocycles. The first-order valence-corrected chi connectivity index (χ1v) is 6.96. The van der Waals surface area contributed by atoms with E-state index in [2.05, 4.69) is 6.58 Å². The molecule has 1 aliphatic heterocycles. The Balaban J connectivity index is 1.95. The van der Waals surface area contributed by atoms with Crippen LogP contribution in [0.1, 0.15) is 5.56 Å². The van der Waals surface area contributed by atoms with Gasteiger partial charge in [-0.3, -0.25) is 9.69 Å². The van der Waals surface area contributed by atoms with Crippen LogP contribution in [0, 0.1) is 0 Å². The number of nitrogens with zero attached hydrogens (tertiary/aromatic N) is 2. The van der Waals surface area contributed by atoms with Gasteiger partial charge in [-0.2, -0.15) is 11.3 Å². The van der Waals surface area contributed by atoms with Gasteiger partial charge in [0.25, 0.3) is 0 Å². The van der Waals surface area contributed by atoms with Crippen molar-refractivity contribution in [2.24, 2.45) is 0 Å². The number of carbonyl (C=O) groups excluding carboxylic acids is 2. The Hall–Kier alpha value is -1.82. The van der Waals surface area contributed by atoms with E-state index in [1.807, 2.05) is 16.8 Å². The molecule has 0 saturated carbocycles. The van der Waals surface area contributed by atoms with Crippen molar-refractivity contribution in [3.63, 3.8) is 0 Å². The summed E-state index contributed by atoms with van der Waals surface area (Å²) in [4.78, 5) is 26.6. The smallest absolute Gasteiger partial charge is 0.410 e. The maximum atomic E-state index is 12.2. The van der Waals surface area contributed by atoms with E-state index in [-0.39, 0.29) is 12.5 Å². The number of carbonyl (C=O) groups is 2. The molecule has 0 spiro atoms. The molecule has 0 radical (unpaired) electrons. The highest BCUT2D eigenvalue weighted by atomic mass is 32.1. The van der Waals surface area contributed by atoms with Gasteiger partial charge in [0.2, 0.25) is 5.91 Å². The molecular formula is C13H16N2O3S. The summed E-state index contributed by atoms with van der Waals surface area (Å²) in [5, 5.41) is 3.98. The normalized spacial score (nSPS) is 14.3. The van der Waals surface area contributed by atoms with E-state index < -0.39 is 6.09 Å². The molecule has 19 heavy (non-hydrogen) atoms. The molecule has 2 amide bonds. The Morgan fingerprint density at radius 3 is 3.05 bits per heavy atom. The topological polar surface area (TPSA) is 49.9 Å². The molecule has 102 valence electrons. The van der Waals surface area contributed by atoms with E-state index in [9.17, 15) is 9.59 Å². The zero-order valence-electron chi connectivity index (χ0n) is 10.6.